The van der Waals surface area contributed by atoms with Gasteiger partial charge in [0, 0.05) is 49.6 Å². The number of hydrogen-bond donors (Lipinski definition) is 0. The quantitative estimate of drug-likeness (QED) is 0.162. The Morgan fingerprint density at radius 2 is 0.597 bits per heavy atom. The molecule has 5 nitrogen and oxygen atoms in total. The molecule has 5 heteroatoms. The van der Waals surface area contributed by atoms with Gasteiger partial charge >= 0.3 is 0 Å². The Hall–Kier alpha value is -8.41. The summed E-state index contributed by atoms with van der Waals surface area (Å²) in [4.78, 5) is 14.9. The molecule has 0 aliphatic heterocycles. The fourth-order valence-corrected chi connectivity index (χ4v) is 9.11. The van der Waals surface area contributed by atoms with Crippen molar-refractivity contribution in [3.63, 3.8) is 0 Å². The number of fused-ring (bicyclic) bond motifs is 7. The molecule has 0 radical (unpaired) electrons. The molecule has 62 heavy (non-hydrogen) atoms. The van der Waals surface area contributed by atoms with Crippen LogP contribution in [0.25, 0.3) is 111 Å². The van der Waals surface area contributed by atoms with Gasteiger partial charge in [-0.15, -0.1) is 0 Å². The summed E-state index contributed by atoms with van der Waals surface area (Å²) in [7, 11) is 0. The molecule has 0 amide bonds. The van der Waals surface area contributed by atoms with Crippen LogP contribution in [0.3, 0.4) is 0 Å². The minimum absolute atomic E-state index is 0.632. The molecule has 0 bridgehead atoms. The highest BCUT2D eigenvalue weighted by molar-refractivity contribution is 6.29. The van der Waals surface area contributed by atoms with Gasteiger partial charge in [0.2, 0.25) is 0 Å². The number of rotatable bonds is 7. The zero-order valence-corrected chi connectivity index (χ0v) is 33.6. The van der Waals surface area contributed by atoms with Crippen molar-refractivity contribution in [2.75, 3.05) is 0 Å². The molecular weight excluding hydrogens is 755 g/mol. The molecule has 3 aromatic heterocycles. The lowest BCUT2D eigenvalue weighted by molar-refractivity contribution is 1.07. The van der Waals surface area contributed by atoms with Gasteiger partial charge in [-0.25, -0.2) is 15.0 Å². The number of aromatic nitrogens is 5. The highest BCUT2D eigenvalue weighted by Gasteiger charge is 2.21. The van der Waals surface area contributed by atoms with E-state index in [0.717, 1.165) is 39.1 Å². The van der Waals surface area contributed by atoms with E-state index in [4.69, 9.17) is 15.0 Å². The number of para-hydroxylation sites is 2. The first-order valence-corrected chi connectivity index (χ1v) is 20.9. The fourth-order valence-electron chi connectivity index (χ4n) is 9.11. The summed E-state index contributed by atoms with van der Waals surface area (Å²) < 4.78 is 4.84. The smallest absolute Gasteiger partial charge is 0.164 e. The Kier molecular flexibility index (Phi) is 8.42. The zero-order chi connectivity index (χ0) is 41.0. The lowest BCUT2D eigenvalue weighted by Gasteiger charge is -2.14. The van der Waals surface area contributed by atoms with Crippen LogP contribution in [0.4, 0.5) is 0 Å². The van der Waals surface area contributed by atoms with Crippen LogP contribution in [0, 0.1) is 0 Å². The molecule has 0 spiro atoms. The molecule has 0 fully saturated rings. The SMILES string of the molecule is c1ccc(-c2cc(-c3ccccc3)cc(-n3c4ccccc4c4c5c6ccccc6n(-c6ccc(-c7nc(-c8ccccc8)nc(-c8ccccc8)n7)cc6)c5ccc43)c2)cc1. The third-order valence-electron chi connectivity index (χ3n) is 11.9. The van der Waals surface area contributed by atoms with Gasteiger partial charge in [0.1, 0.15) is 0 Å². The topological polar surface area (TPSA) is 48.5 Å². The lowest BCUT2D eigenvalue weighted by atomic mass is 9.98. The van der Waals surface area contributed by atoms with Crippen molar-refractivity contribution in [1.82, 2.24) is 24.1 Å². The minimum Gasteiger partial charge on any atom is -0.309 e. The summed E-state index contributed by atoms with van der Waals surface area (Å²) in [5.41, 5.74) is 14.4. The predicted molar refractivity (Wildman–Crippen MR) is 256 cm³/mol. The first kappa shape index (κ1) is 35.5. The van der Waals surface area contributed by atoms with Gasteiger partial charge in [-0.2, -0.15) is 0 Å². The van der Waals surface area contributed by atoms with E-state index in [2.05, 4.69) is 173 Å². The number of hydrogen-bond acceptors (Lipinski definition) is 3. The highest BCUT2D eigenvalue weighted by Crippen LogP contribution is 2.43. The van der Waals surface area contributed by atoms with Gasteiger partial charge in [0.15, 0.2) is 17.5 Å². The summed E-state index contributed by atoms with van der Waals surface area (Å²) in [6, 6.07) is 79.4. The second-order valence-electron chi connectivity index (χ2n) is 15.6. The van der Waals surface area contributed by atoms with Gasteiger partial charge < -0.3 is 9.13 Å². The molecule has 0 aliphatic carbocycles. The summed E-state index contributed by atoms with van der Waals surface area (Å²) >= 11 is 0. The van der Waals surface area contributed by atoms with Crippen LogP contribution in [0.5, 0.6) is 0 Å². The van der Waals surface area contributed by atoms with Crippen molar-refractivity contribution in [2.24, 2.45) is 0 Å². The molecule has 12 aromatic rings. The predicted octanol–water partition coefficient (Wildman–Crippen LogP) is 14.4. The summed E-state index contributed by atoms with van der Waals surface area (Å²) in [6.07, 6.45) is 0. The van der Waals surface area contributed by atoms with Crippen LogP contribution in [0.15, 0.2) is 224 Å². The third kappa shape index (κ3) is 5.98. The van der Waals surface area contributed by atoms with E-state index in [0.29, 0.717) is 17.5 Å². The van der Waals surface area contributed by atoms with E-state index in [1.807, 2.05) is 60.7 Å². The van der Waals surface area contributed by atoms with E-state index in [-0.39, 0.29) is 0 Å². The lowest BCUT2D eigenvalue weighted by Crippen LogP contribution is -2.00. The van der Waals surface area contributed by atoms with Gasteiger partial charge in [0.25, 0.3) is 0 Å². The maximum absolute atomic E-state index is 5.00. The molecule has 290 valence electrons. The van der Waals surface area contributed by atoms with Crippen molar-refractivity contribution in [3.8, 4) is 67.8 Å². The molecule has 3 heterocycles. The first-order chi connectivity index (χ1) is 30.7. The maximum atomic E-state index is 5.00. The first-order valence-electron chi connectivity index (χ1n) is 20.9. The van der Waals surface area contributed by atoms with Crippen LogP contribution in [-0.4, -0.2) is 24.1 Å². The average Bonchev–Trinajstić information content (AvgIpc) is 3.88. The van der Waals surface area contributed by atoms with E-state index < -0.39 is 0 Å². The van der Waals surface area contributed by atoms with Crippen LogP contribution in [0.1, 0.15) is 0 Å². The normalized spacial score (nSPS) is 11.5. The van der Waals surface area contributed by atoms with Crippen molar-refractivity contribution in [2.45, 2.75) is 0 Å². The van der Waals surface area contributed by atoms with E-state index in [9.17, 15) is 0 Å². The van der Waals surface area contributed by atoms with Crippen LogP contribution >= 0.6 is 0 Å². The Balaban J connectivity index is 1.04. The van der Waals surface area contributed by atoms with E-state index in [1.165, 1.54) is 54.8 Å². The van der Waals surface area contributed by atoms with Crippen LogP contribution in [-0.2, 0) is 0 Å². The monoisotopic (exact) mass is 791 g/mol. The fraction of sp³-hybridized carbons (Fsp3) is 0. The van der Waals surface area contributed by atoms with Crippen molar-refractivity contribution >= 4 is 43.6 Å². The van der Waals surface area contributed by atoms with Gasteiger partial charge in [-0.1, -0.05) is 158 Å². The Labute approximate surface area is 358 Å². The Morgan fingerprint density at radius 1 is 0.242 bits per heavy atom. The van der Waals surface area contributed by atoms with Crippen molar-refractivity contribution < 1.29 is 0 Å². The molecule has 0 unspecified atom stereocenters. The second-order valence-corrected chi connectivity index (χ2v) is 15.6. The largest absolute Gasteiger partial charge is 0.309 e. The minimum atomic E-state index is 0.632. The highest BCUT2D eigenvalue weighted by atomic mass is 15.0. The molecule has 12 rings (SSSR count). The molecule has 9 aromatic carbocycles. The van der Waals surface area contributed by atoms with Crippen LogP contribution in [0.2, 0.25) is 0 Å². The molecule has 0 N–H and O–H groups in total. The third-order valence-corrected chi connectivity index (χ3v) is 11.9. The van der Waals surface area contributed by atoms with Crippen molar-refractivity contribution in [3.05, 3.63) is 224 Å². The molecule has 0 saturated heterocycles. The molecule has 0 atom stereocenters. The van der Waals surface area contributed by atoms with Crippen molar-refractivity contribution in [1.29, 1.82) is 0 Å². The molecule has 0 aliphatic rings. The van der Waals surface area contributed by atoms with E-state index in [1.54, 1.807) is 0 Å². The van der Waals surface area contributed by atoms with E-state index >= 15 is 0 Å². The zero-order valence-electron chi connectivity index (χ0n) is 33.6. The molecular formula is C57H37N5. The standard InChI is InChI=1S/C57H37N5/c1-5-17-38(18-6-1)43-35-44(39-19-7-2-8-20-39)37-46(36-43)62-50-28-16-14-26-48(50)54-52(62)34-33-51-53(54)47-25-13-15-27-49(47)61(51)45-31-29-42(30-32-45)57-59-55(40-21-9-3-10-22-40)58-56(60-57)41-23-11-4-12-24-41/h1-37H. The average molecular weight is 792 g/mol. The summed E-state index contributed by atoms with van der Waals surface area (Å²) in [5, 5.41) is 4.90. The number of nitrogens with zero attached hydrogens (tertiary/aromatic N) is 5. The maximum Gasteiger partial charge on any atom is 0.164 e. The van der Waals surface area contributed by atoms with Gasteiger partial charge in [-0.3, -0.25) is 0 Å². The van der Waals surface area contributed by atoms with Gasteiger partial charge in [0.05, 0.1) is 22.1 Å². The molecule has 0 saturated carbocycles. The Morgan fingerprint density at radius 3 is 1.03 bits per heavy atom. The second kappa shape index (κ2) is 14.7. The van der Waals surface area contributed by atoms with Crippen LogP contribution < -0.4 is 0 Å². The summed E-state index contributed by atoms with van der Waals surface area (Å²) in [6.45, 7) is 0. The Bertz CT molecular complexity index is 3480. The number of benzene rings is 9. The summed E-state index contributed by atoms with van der Waals surface area (Å²) in [5.74, 6) is 1.92. The van der Waals surface area contributed by atoms with Gasteiger partial charge in [-0.05, 0) is 89.0 Å².